The average Bonchev–Trinajstić information content (AvgIpc) is 1.66. The quantitative estimate of drug-likeness (QED) is 0.750. The molecule has 2 atom stereocenters. The largest absolute Gasteiger partial charge is 0.330 e. The number of rotatable bonds is 2. The van der Waals surface area contributed by atoms with E-state index in [0.29, 0.717) is 0 Å². The van der Waals surface area contributed by atoms with E-state index >= 15 is 0 Å². The third-order valence-corrected chi connectivity index (χ3v) is 2.18. The first kappa shape index (κ1) is 9.61. The molecule has 0 aromatic heterocycles. The molecule has 1 fully saturated rings. The molecule has 0 radical (unpaired) electrons. The van der Waals surface area contributed by atoms with Gasteiger partial charge in [0, 0.05) is 21.1 Å². The topological polar surface area (TPSA) is 52.0 Å². The molecule has 1 saturated carbocycles. The fourth-order valence-electron chi connectivity index (χ4n) is 1.26. The van der Waals surface area contributed by atoms with Gasteiger partial charge in [-0.2, -0.15) is 0 Å². The smallest absolute Gasteiger partial charge is 0 e. The maximum Gasteiger partial charge on any atom is 0 e. The third-order valence-electron chi connectivity index (χ3n) is 2.18. The van der Waals surface area contributed by atoms with E-state index in [1.807, 2.05) is 0 Å². The van der Waals surface area contributed by atoms with Crippen molar-refractivity contribution >= 4 is 0 Å². The summed E-state index contributed by atoms with van der Waals surface area (Å²) in [7, 11) is 0. The van der Waals surface area contributed by atoms with Crippen molar-refractivity contribution in [3.05, 3.63) is 0 Å². The molecule has 4 N–H and O–H groups in total. The average molecular weight is 309 g/mol. The van der Waals surface area contributed by atoms with Gasteiger partial charge in [-0.1, -0.05) is 0 Å². The van der Waals surface area contributed by atoms with Crippen LogP contribution in [0.3, 0.4) is 0 Å². The number of hydrogen-bond donors (Lipinski definition) is 2. The van der Waals surface area contributed by atoms with Gasteiger partial charge in [-0.25, -0.2) is 0 Å². The Hall–Kier alpha value is 0.608. The summed E-state index contributed by atoms with van der Waals surface area (Å²) < 4.78 is 0. The first-order valence-electron chi connectivity index (χ1n) is 3.28. The van der Waals surface area contributed by atoms with Crippen LogP contribution in [0.5, 0.6) is 0 Å². The van der Waals surface area contributed by atoms with Crippen LogP contribution in [-0.4, -0.2) is 13.1 Å². The van der Waals surface area contributed by atoms with Crippen LogP contribution in [0.2, 0.25) is 0 Å². The van der Waals surface area contributed by atoms with Crippen molar-refractivity contribution in [3.63, 3.8) is 0 Å². The second kappa shape index (κ2) is 4.43. The summed E-state index contributed by atoms with van der Waals surface area (Å²) in [6.07, 6.45) is 2.61. The molecule has 9 heavy (non-hydrogen) atoms. The van der Waals surface area contributed by atoms with Gasteiger partial charge in [0.15, 0.2) is 0 Å². The van der Waals surface area contributed by atoms with Crippen molar-refractivity contribution in [1.29, 1.82) is 0 Å². The maximum absolute atomic E-state index is 5.44. The zero-order chi connectivity index (χ0) is 5.98. The minimum absolute atomic E-state index is 0. The van der Waals surface area contributed by atoms with Gasteiger partial charge >= 0.3 is 0 Å². The third kappa shape index (κ3) is 2.03. The van der Waals surface area contributed by atoms with Crippen LogP contribution >= 0.6 is 0 Å². The molecule has 1 rings (SSSR count). The van der Waals surface area contributed by atoms with Crippen LogP contribution in [-0.2, 0) is 21.1 Å². The summed E-state index contributed by atoms with van der Waals surface area (Å²) in [5, 5.41) is 0. The minimum atomic E-state index is 0. The van der Waals surface area contributed by atoms with Crippen molar-refractivity contribution in [2.75, 3.05) is 13.1 Å². The summed E-state index contributed by atoms with van der Waals surface area (Å²) in [6.45, 7) is 1.67. The summed E-state index contributed by atoms with van der Waals surface area (Å²) in [5.74, 6) is 1.50. The van der Waals surface area contributed by atoms with Gasteiger partial charge < -0.3 is 11.5 Å². The second-order valence-corrected chi connectivity index (χ2v) is 2.57. The van der Waals surface area contributed by atoms with Gasteiger partial charge in [0.25, 0.3) is 0 Å². The van der Waals surface area contributed by atoms with Crippen LogP contribution in [0.4, 0.5) is 0 Å². The Morgan fingerprint density at radius 1 is 1.00 bits per heavy atom. The molecule has 0 aromatic rings. The zero-order valence-electron chi connectivity index (χ0n) is 5.45. The van der Waals surface area contributed by atoms with Crippen molar-refractivity contribution in [2.24, 2.45) is 23.3 Å². The van der Waals surface area contributed by atoms with Crippen LogP contribution in [0.25, 0.3) is 0 Å². The normalized spacial score (nSPS) is 32.7. The second-order valence-electron chi connectivity index (χ2n) is 2.57. The van der Waals surface area contributed by atoms with E-state index in [-0.39, 0.29) is 21.1 Å². The fraction of sp³-hybridized carbons (Fsp3) is 1.00. The Balaban J connectivity index is 0.000000640. The van der Waals surface area contributed by atoms with Crippen LogP contribution in [0.15, 0.2) is 0 Å². The molecule has 0 spiro atoms. The molecule has 0 aromatic carbocycles. The molecule has 1 aliphatic rings. The molecule has 0 amide bonds. The van der Waals surface area contributed by atoms with Crippen molar-refractivity contribution in [2.45, 2.75) is 12.8 Å². The Bertz CT molecular complexity index is 63.5. The van der Waals surface area contributed by atoms with Gasteiger partial charge in [-0.15, -0.1) is 0 Å². The standard InChI is InChI=1S/C6H14N2.Pt/c7-3-5-1-2-6(5)4-8;/h5-6H,1-4,7-8H2;. The van der Waals surface area contributed by atoms with Gasteiger partial charge in [0.2, 0.25) is 0 Å². The molecular weight excluding hydrogens is 295 g/mol. The predicted octanol–water partition coefficient (Wildman–Crippen LogP) is -0.0725. The molecule has 0 heterocycles. The fourth-order valence-corrected chi connectivity index (χ4v) is 1.26. The molecule has 0 bridgehead atoms. The maximum atomic E-state index is 5.44. The van der Waals surface area contributed by atoms with Crippen LogP contribution < -0.4 is 11.5 Å². The first-order valence-corrected chi connectivity index (χ1v) is 3.28. The monoisotopic (exact) mass is 309 g/mol. The summed E-state index contributed by atoms with van der Waals surface area (Å²) >= 11 is 0. The number of hydrogen-bond acceptors (Lipinski definition) is 2. The van der Waals surface area contributed by atoms with Gasteiger partial charge in [-0.05, 0) is 37.8 Å². The Morgan fingerprint density at radius 2 is 1.33 bits per heavy atom. The predicted molar refractivity (Wildman–Crippen MR) is 34.3 cm³/mol. The molecule has 0 aliphatic heterocycles. The minimum Gasteiger partial charge on any atom is -0.330 e. The SMILES string of the molecule is NCC1CCC1CN.[Pt]. The van der Waals surface area contributed by atoms with E-state index < -0.39 is 0 Å². The van der Waals surface area contributed by atoms with E-state index in [0.717, 1.165) is 24.9 Å². The number of nitrogens with two attached hydrogens (primary N) is 2. The van der Waals surface area contributed by atoms with E-state index in [9.17, 15) is 0 Å². The molecule has 58 valence electrons. The Morgan fingerprint density at radius 3 is 1.44 bits per heavy atom. The molecule has 2 unspecified atom stereocenters. The Labute approximate surface area is 70.6 Å². The van der Waals surface area contributed by atoms with Crippen molar-refractivity contribution in [1.82, 2.24) is 0 Å². The first-order chi connectivity index (χ1) is 3.88. The van der Waals surface area contributed by atoms with Crippen molar-refractivity contribution < 1.29 is 21.1 Å². The van der Waals surface area contributed by atoms with Gasteiger partial charge in [-0.3, -0.25) is 0 Å². The molecular formula is C6H14N2Pt. The van der Waals surface area contributed by atoms with E-state index in [4.69, 9.17) is 11.5 Å². The Kier molecular flexibility index (Phi) is 4.73. The summed E-state index contributed by atoms with van der Waals surface area (Å²) in [4.78, 5) is 0. The van der Waals surface area contributed by atoms with Gasteiger partial charge in [0.1, 0.15) is 0 Å². The molecule has 3 heteroatoms. The zero-order valence-corrected chi connectivity index (χ0v) is 7.73. The van der Waals surface area contributed by atoms with E-state index in [2.05, 4.69) is 0 Å². The summed E-state index contributed by atoms with van der Waals surface area (Å²) in [6, 6.07) is 0. The molecule has 0 saturated heterocycles. The van der Waals surface area contributed by atoms with E-state index in [1.165, 1.54) is 12.8 Å². The van der Waals surface area contributed by atoms with Crippen LogP contribution in [0, 0.1) is 11.8 Å². The van der Waals surface area contributed by atoms with Gasteiger partial charge in [0.05, 0.1) is 0 Å². The molecule has 2 nitrogen and oxygen atoms in total. The van der Waals surface area contributed by atoms with E-state index in [1.54, 1.807) is 0 Å². The van der Waals surface area contributed by atoms with Crippen LogP contribution in [0.1, 0.15) is 12.8 Å². The molecule has 1 aliphatic carbocycles. The summed E-state index contributed by atoms with van der Waals surface area (Å²) in [5.41, 5.74) is 10.9. The van der Waals surface area contributed by atoms with Crippen molar-refractivity contribution in [3.8, 4) is 0 Å².